The van der Waals surface area contributed by atoms with Crippen molar-refractivity contribution in [1.82, 2.24) is 0 Å². The molecule has 4 aliphatic carbocycles. The summed E-state index contributed by atoms with van der Waals surface area (Å²) in [6, 6.07) is 6.83. The average molecular weight is 1170 g/mol. The van der Waals surface area contributed by atoms with E-state index in [9.17, 15) is 50.4 Å². The molecule has 464 valence electrons. The lowest BCUT2D eigenvalue weighted by Crippen LogP contribution is -2.78. The van der Waals surface area contributed by atoms with Crippen molar-refractivity contribution >= 4 is 17.6 Å². The van der Waals surface area contributed by atoms with E-state index in [1.165, 1.54) is 21.1 Å². The summed E-state index contributed by atoms with van der Waals surface area (Å²) in [5, 5.41) is 94.6. The number of rotatable bonds is 17. The predicted octanol–water partition coefficient (Wildman–Crippen LogP) is 1.50. The van der Waals surface area contributed by atoms with Crippen LogP contribution in [0, 0.1) is 16.7 Å². The van der Waals surface area contributed by atoms with Crippen LogP contribution in [0.4, 0.5) is 5.69 Å². The van der Waals surface area contributed by atoms with Gasteiger partial charge in [0, 0.05) is 59.7 Å². The van der Waals surface area contributed by atoms with Crippen molar-refractivity contribution in [3.8, 4) is 0 Å². The maximum atomic E-state index is 13.6. The Morgan fingerprint density at radius 3 is 1.96 bits per heavy atom. The van der Waals surface area contributed by atoms with Crippen molar-refractivity contribution in [1.29, 1.82) is 0 Å². The lowest BCUT2D eigenvalue weighted by molar-refractivity contribution is -0.373. The zero-order valence-electron chi connectivity index (χ0n) is 48.9. The minimum atomic E-state index is -1.98. The maximum Gasteiger partial charge on any atom is 0.340 e. The maximum absolute atomic E-state index is 13.6. The fourth-order valence-electron chi connectivity index (χ4n) is 15.5. The first-order chi connectivity index (χ1) is 38.8. The number of fused-ring (bicyclic) bond motifs is 5. The molecule has 0 amide bonds. The number of carbonyl (C=O) groups is 2. The molecule has 8 aliphatic rings. The highest BCUT2D eigenvalue weighted by atomic mass is 16.8. The van der Waals surface area contributed by atoms with E-state index in [0.29, 0.717) is 31.4 Å². The molecule has 0 radical (unpaired) electrons. The third-order valence-corrected chi connectivity index (χ3v) is 20.2. The van der Waals surface area contributed by atoms with E-state index in [1.807, 2.05) is 13.0 Å². The van der Waals surface area contributed by atoms with Crippen LogP contribution >= 0.6 is 0 Å². The van der Waals surface area contributed by atoms with Crippen LogP contribution in [0.3, 0.4) is 0 Å². The first kappa shape index (κ1) is 63.4. The molecule has 1 aromatic rings. The van der Waals surface area contributed by atoms with Crippen LogP contribution in [-0.4, -0.2) is 234 Å². The Balaban J connectivity index is 0.817. The minimum absolute atomic E-state index is 0.0399. The van der Waals surface area contributed by atoms with Crippen molar-refractivity contribution in [2.24, 2.45) is 16.7 Å². The molecule has 0 spiro atoms. The van der Waals surface area contributed by atoms with Gasteiger partial charge in [0.25, 0.3) is 0 Å². The Kier molecular flexibility index (Phi) is 19.0. The van der Waals surface area contributed by atoms with E-state index < -0.39 is 175 Å². The Hall–Kier alpha value is -3.06. The zero-order chi connectivity index (χ0) is 59.6. The summed E-state index contributed by atoms with van der Waals surface area (Å²) in [6.07, 6.45) is -16.6. The van der Waals surface area contributed by atoms with Gasteiger partial charge in [-0.15, -0.1) is 0 Å². The predicted molar refractivity (Wildman–Crippen MR) is 285 cm³/mol. The van der Waals surface area contributed by atoms with E-state index >= 15 is 0 Å². The molecular formula is C58H89NO23. The number of methoxy groups -OCH3 is 3. The van der Waals surface area contributed by atoms with Crippen LogP contribution in [-0.2, 0) is 66.4 Å². The number of esters is 2. The molecule has 0 bridgehead atoms. The van der Waals surface area contributed by atoms with E-state index in [1.54, 1.807) is 66.1 Å². The zero-order valence-corrected chi connectivity index (χ0v) is 48.9. The standard InChI is InChI=1S/C58H89NO23/c1-27-47(80-42-24-37(71-10)48(28(2)74-42)81-53-46(65)50(72-11)49(29(3)75-53)82-52-45(64)44(63)43(62)38(26-60)79-52)36(70-9)23-41(73-27)78-33-17-18-54(6)32(22-33)16-19-57(68)39(54)25-40(77-31(5)61)55(7)56(67,20-21-58(55,57)69)30(4)76-51(66)34-14-12-13-15-35(34)59-8/h12-16,27-30,33,36-50,52-53,59-60,62-65,67-69H,17-26H2,1-11H3. The molecule has 7 fully saturated rings. The van der Waals surface area contributed by atoms with E-state index in [2.05, 4.69) is 12.2 Å². The third kappa shape index (κ3) is 10.9. The fraction of sp³-hybridized carbons (Fsp3) is 0.828. The summed E-state index contributed by atoms with van der Waals surface area (Å²) in [5.41, 5.74) is -6.15. The van der Waals surface area contributed by atoms with Gasteiger partial charge in [-0.1, -0.05) is 37.6 Å². The average Bonchev–Trinajstić information content (AvgIpc) is 1.45. The van der Waals surface area contributed by atoms with Gasteiger partial charge < -0.3 is 108 Å². The Morgan fingerprint density at radius 2 is 1.34 bits per heavy atom. The summed E-state index contributed by atoms with van der Waals surface area (Å²) in [4.78, 5) is 26.6. The highest BCUT2D eigenvalue weighted by Gasteiger charge is 2.81. The molecule has 27 atom stereocenters. The largest absolute Gasteiger partial charge is 0.462 e. The van der Waals surface area contributed by atoms with Crippen LogP contribution in [0.2, 0.25) is 0 Å². The molecule has 0 aromatic heterocycles. The Morgan fingerprint density at radius 1 is 0.732 bits per heavy atom. The summed E-state index contributed by atoms with van der Waals surface area (Å²) in [5.74, 6) is -1.88. The summed E-state index contributed by atoms with van der Waals surface area (Å²) in [7, 11) is 6.17. The second-order valence-electron chi connectivity index (χ2n) is 24.5. The van der Waals surface area contributed by atoms with E-state index in [0.717, 1.165) is 5.57 Å². The monoisotopic (exact) mass is 1170 g/mol. The van der Waals surface area contributed by atoms with Gasteiger partial charge in [-0.05, 0) is 90.2 Å². The number of anilines is 1. The fourth-order valence-corrected chi connectivity index (χ4v) is 15.5. The second kappa shape index (κ2) is 24.6. The quantitative estimate of drug-likeness (QED) is 0.0788. The van der Waals surface area contributed by atoms with Crippen molar-refractivity contribution in [3.05, 3.63) is 41.5 Å². The number of nitrogens with one attached hydrogen (secondary N) is 1. The minimum Gasteiger partial charge on any atom is -0.462 e. The summed E-state index contributed by atoms with van der Waals surface area (Å²) < 4.78 is 80.1. The highest BCUT2D eigenvalue weighted by molar-refractivity contribution is 5.95. The normalized spacial score (nSPS) is 47.9. The van der Waals surface area contributed by atoms with Crippen molar-refractivity contribution in [3.63, 3.8) is 0 Å². The molecule has 4 aliphatic heterocycles. The van der Waals surface area contributed by atoms with Gasteiger partial charge in [-0.2, -0.15) is 0 Å². The number of aliphatic hydroxyl groups is 8. The molecule has 27 unspecified atom stereocenters. The van der Waals surface area contributed by atoms with Gasteiger partial charge in [0.2, 0.25) is 0 Å². The van der Waals surface area contributed by atoms with E-state index in [-0.39, 0.29) is 43.8 Å². The van der Waals surface area contributed by atoms with Crippen molar-refractivity contribution in [2.45, 2.75) is 252 Å². The number of hydrogen-bond acceptors (Lipinski definition) is 24. The molecule has 24 heteroatoms. The van der Waals surface area contributed by atoms with Gasteiger partial charge in [0.1, 0.15) is 83.9 Å². The Labute approximate surface area is 478 Å². The first-order valence-corrected chi connectivity index (χ1v) is 28.9. The van der Waals surface area contributed by atoms with Gasteiger partial charge in [0.15, 0.2) is 25.2 Å². The van der Waals surface area contributed by atoms with Crippen LogP contribution in [0.5, 0.6) is 0 Å². The van der Waals surface area contributed by atoms with Crippen LogP contribution in [0.15, 0.2) is 35.9 Å². The molecular weight excluding hydrogens is 1080 g/mol. The van der Waals surface area contributed by atoms with Gasteiger partial charge in [0.05, 0.1) is 54.2 Å². The Bertz CT molecular complexity index is 2420. The van der Waals surface area contributed by atoms with Crippen LogP contribution in [0.25, 0.3) is 0 Å². The van der Waals surface area contributed by atoms with Crippen LogP contribution < -0.4 is 5.32 Å². The number of carbonyl (C=O) groups excluding carboxylic acids is 2. The molecule has 9 rings (SSSR count). The summed E-state index contributed by atoms with van der Waals surface area (Å²) >= 11 is 0. The molecule has 1 aromatic carbocycles. The number of hydrogen-bond donors (Lipinski definition) is 9. The molecule has 3 saturated carbocycles. The van der Waals surface area contributed by atoms with Crippen molar-refractivity contribution < 1.29 is 112 Å². The van der Waals surface area contributed by atoms with Crippen molar-refractivity contribution in [2.75, 3.05) is 40.3 Å². The molecule has 24 nitrogen and oxygen atoms in total. The number of para-hydroxylation sites is 1. The second-order valence-corrected chi connectivity index (χ2v) is 24.5. The SMILES string of the molecule is CNc1ccccc1C(=O)OC(C)C1(O)CCC2(O)C3(O)CC=C4CC(OC5CC(OC)C(OC6CC(OC)C(OC7OC(C)C(OC8OC(CO)C(O)C(O)C8O)C(OC)C7O)C(C)O6)C(C)O5)CCC4(C)C3CC(OC(C)=O)C12C. The van der Waals surface area contributed by atoms with Gasteiger partial charge in [-0.25, -0.2) is 4.79 Å². The molecule has 4 heterocycles. The van der Waals surface area contributed by atoms with Gasteiger partial charge in [-0.3, -0.25) is 4.79 Å². The lowest BCUT2D eigenvalue weighted by Gasteiger charge is -2.67. The first-order valence-electron chi connectivity index (χ1n) is 28.9. The van der Waals surface area contributed by atoms with E-state index in [4.69, 9.17) is 61.6 Å². The number of aliphatic hydroxyl groups excluding tert-OH is 5. The topological polar surface area (TPSA) is 328 Å². The molecule has 4 saturated heterocycles. The molecule has 82 heavy (non-hydrogen) atoms. The van der Waals surface area contributed by atoms with Gasteiger partial charge >= 0.3 is 11.9 Å². The number of ether oxygens (including phenoxy) is 13. The highest BCUT2D eigenvalue weighted by Crippen LogP contribution is 2.71. The summed E-state index contributed by atoms with van der Waals surface area (Å²) in [6.45, 7) is 11.2. The molecule has 9 N–H and O–H groups in total. The van der Waals surface area contributed by atoms with Crippen LogP contribution in [0.1, 0.15) is 117 Å². The number of benzene rings is 1. The lowest BCUT2D eigenvalue weighted by atomic mass is 9.42. The third-order valence-electron chi connectivity index (χ3n) is 20.2. The smallest absolute Gasteiger partial charge is 0.340 e.